The van der Waals surface area contributed by atoms with Gasteiger partial charge in [0.2, 0.25) is 0 Å². The van der Waals surface area contributed by atoms with E-state index < -0.39 is 10.0 Å². The third-order valence-electron chi connectivity index (χ3n) is 2.55. The van der Waals surface area contributed by atoms with E-state index in [2.05, 4.69) is 26.5 Å². The summed E-state index contributed by atoms with van der Waals surface area (Å²) in [6, 6.07) is 4.92. The first-order valence-corrected chi connectivity index (χ1v) is 7.59. The van der Waals surface area contributed by atoms with Crippen LogP contribution in [0.3, 0.4) is 0 Å². The van der Waals surface area contributed by atoms with E-state index in [1.807, 2.05) is 6.92 Å². The fraction of sp³-hybridized carbons (Fsp3) is 0.143. The number of hydrogen-bond donors (Lipinski definition) is 2. The number of nitrogens with one attached hydrogen (secondary N) is 1. The van der Waals surface area contributed by atoms with Crippen LogP contribution in [0.5, 0.6) is 0 Å². The van der Waals surface area contributed by atoms with E-state index in [4.69, 9.17) is 5.73 Å². The molecule has 0 saturated carbocycles. The number of benzene rings is 1. The standard InChI is InChI=1S/C14H14N4O2S/c1-11-4-5-13(12(9-11)3-2-6-15)21(19,20)18-14-10-16-7-8-17-14/h4-5,7-10H,6,15H2,1H3,(H,17,18). The van der Waals surface area contributed by atoms with Gasteiger partial charge >= 0.3 is 0 Å². The van der Waals surface area contributed by atoms with Crippen molar-refractivity contribution in [2.75, 3.05) is 11.3 Å². The molecule has 0 fully saturated rings. The predicted molar refractivity (Wildman–Crippen MR) is 80.0 cm³/mol. The zero-order chi connectivity index (χ0) is 15.3. The Morgan fingerprint density at radius 1 is 1.33 bits per heavy atom. The number of rotatable bonds is 3. The molecule has 0 aliphatic carbocycles. The number of nitrogens with two attached hydrogens (primary N) is 1. The molecule has 0 amide bonds. The van der Waals surface area contributed by atoms with Crippen molar-refractivity contribution in [2.24, 2.45) is 5.73 Å². The van der Waals surface area contributed by atoms with Crippen LogP contribution in [-0.2, 0) is 10.0 Å². The van der Waals surface area contributed by atoms with Crippen molar-refractivity contribution in [3.8, 4) is 11.8 Å². The lowest BCUT2D eigenvalue weighted by atomic mass is 10.1. The van der Waals surface area contributed by atoms with Crippen LogP contribution in [0.2, 0.25) is 0 Å². The van der Waals surface area contributed by atoms with Crippen molar-refractivity contribution >= 4 is 15.8 Å². The van der Waals surface area contributed by atoms with Gasteiger partial charge in [0.15, 0.2) is 5.82 Å². The highest BCUT2D eigenvalue weighted by atomic mass is 32.2. The fourth-order valence-electron chi connectivity index (χ4n) is 1.67. The average Bonchev–Trinajstić information content (AvgIpc) is 2.45. The molecule has 0 aliphatic rings. The van der Waals surface area contributed by atoms with Crippen molar-refractivity contribution in [1.82, 2.24) is 9.97 Å². The molecule has 0 atom stereocenters. The van der Waals surface area contributed by atoms with Crippen molar-refractivity contribution in [3.63, 3.8) is 0 Å². The number of nitrogens with zero attached hydrogens (tertiary/aromatic N) is 2. The van der Waals surface area contributed by atoms with Crippen LogP contribution in [0.15, 0.2) is 41.7 Å². The Labute approximate surface area is 123 Å². The molecule has 3 N–H and O–H groups in total. The van der Waals surface area contributed by atoms with Gasteiger partial charge in [-0.1, -0.05) is 17.9 Å². The molecule has 0 spiro atoms. The van der Waals surface area contributed by atoms with Gasteiger partial charge in [-0.25, -0.2) is 13.4 Å². The van der Waals surface area contributed by atoms with Crippen LogP contribution >= 0.6 is 0 Å². The van der Waals surface area contributed by atoms with Gasteiger partial charge in [0, 0.05) is 18.0 Å². The fourth-order valence-corrected chi connectivity index (χ4v) is 2.80. The normalized spacial score (nSPS) is 10.6. The summed E-state index contributed by atoms with van der Waals surface area (Å²) in [5, 5.41) is 0. The van der Waals surface area contributed by atoms with Gasteiger partial charge in [0.1, 0.15) is 4.90 Å². The van der Waals surface area contributed by atoms with Gasteiger partial charge < -0.3 is 5.73 Å². The molecule has 0 saturated heterocycles. The first-order chi connectivity index (χ1) is 10.0. The highest BCUT2D eigenvalue weighted by Gasteiger charge is 2.18. The van der Waals surface area contributed by atoms with Gasteiger partial charge in [-0.3, -0.25) is 9.71 Å². The maximum atomic E-state index is 12.4. The van der Waals surface area contributed by atoms with Crippen LogP contribution in [0.1, 0.15) is 11.1 Å². The summed E-state index contributed by atoms with van der Waals surface area (Å²) in [5.74, 6) is 5.59. The highest BCUT2D eigenvalue weighted by molar-refractivity contribution is 7.92. The average molecular weight is 302 g/mol. The number of anilines is 1. The Morgan fingerprint density at radius 2 is 2.14 bits per heavy atom. The molecule has 108 valence electrons. The molecule has 2 rings (SSSR count). The van der Waals surface area contributed by atoms with Gasteiger partial charge in [-0.15, -0.1) is 0 Å². The summed E-state index contributed by atoms with van der Waals surface area (Å²) in [7, 11) is -3.79. The Kier molecular flexibility index (Phi) is 4.52. The molecular formula is C14H14N4O2S. The van der Waals surface area contributed by atoms with Gasteiger partial charge in [-0.2, -0.15) is 0 Å². The minimum Gasteiger partial charge on any atom is -0.320 e. The first kappa shape index (κ1) is 15.0. The quantitative estimate of drug-likeness (QED) is 0.821. The van der Waals surface area contributed by atoms with Crippen LogP contribution in [0.25, 0.3) is 0 Å². The third kappa shape index (κ3) is 3.78. The summed E-state index contributed by atoms with van der Waals surface area (Å²) in [6.45, 7) is 2.02. The Balaban J connectivity index is 2.45. The summed E-state index contributed by atoms with van der Waals surface area (Å²) >= 11 is 0. The Hall–Kier alpha value is -2.43. The molecule has 0 aliphatic heterocycles. The molecule has 0 bridgehead atoms. The van der Waals surface area contributed by atoms with Crippen LogP contribution < -0.4 is 10.5 Å². The number of hydrogen-bond acceptors (Lipinski definition) is 5. The van der Waals surface area contributed by atoms with Gasteiger partial charge in [-0.05, 0) is 24.6 Å². The lowest BCUT2D eigenvalue weighted by Gasteiger charge is -2.09. The van der Waals surface area contributed by atoms with E-state index in [1.165, 1.54) is 24.7 Å². The summed E-state index contributed by atoms with van der Waals surface area (Å²) < 4.78 is 27.2. The second-order valence-corrected chi connectivity index (χ2v) is 5.85. The summed E-state index contributed by atoms with van der Waals surface area (Å²) in [5.41, 5.74) is 6.65. The third-order valence-corrected chi connectivity index (χ3v) is 3.96. The summed E-state index contributed by atoms with van der Waals surface area (Å²) in [4.78, 5) is 7.79. The van der Waals surface area contributed by atoms with Crippen molar-refractivity contribution in [3.05, 3.63) is 47.9 Å². The first-order valence-electron chi connectivity index (χ1n) is 6.11. The Morgan fingerprint density at radius 3 is 2.81 bits per heavy atom. The molecule has 7 heteroatoms. The van der Waals surface area contributed by atoms with E-state index in [9.17, 15) is 8.42 Å². The zero-order valence-electron chi connectivity index (χ0n) is 11.4. The number of aryl methyl sites for hydroxylation is 1. The SMILES string of the molecule is Cc1ccc(S(=O)(=O)Nc2cnccn2)c(C#CCN)c1. The minimum absolute atomic E-state index is 0.0831. The predicted octanol–water partition coefficient (Wildman–Crippen LogP) is 0.896. The monoisotopic (exact) mass is 302 g/mol. The molecule has 0 radical (unpaired) electrons. The van der Waals surface area contributed by atoms with E-state index in [1.54, 1.807) is 12.1 Å². The molecule has 6 nitrogen and oxygen atoms in total. The smallest absolute Gasteiger partial charge is 0.264 e. The lowest BCUT2D eigenvalue weighted by molar-refractivity contribution is 0.601. The van der Waals surface area contributed by atoms with E-state index in [0.29, 0.717) is 5.56 Å². The van der Waals surface area contributed by atoms with Crippen LogP contribution in [0, 0.1) is 18.8 Å². The van der Waals surface area contributed by atoms with Crippen molar-refractivity contribution in [1.29, 1.82) is 0 Å². The van der Waals surface area contributed by atoms with E-state index in [-0.39, 0.29) is 17.3 Å². The molecular weight excluding hydrogens is 288 g/mol. The molecule has 2 aromatic rings. The molecule has 21 heavy (non-hydrogen) atoms. The number of sulfonamides is 1. The highest BCUT2D eigenvalue weighted by Crippen LogP contribution is 2.19. The maximum Gasteiger partial charge on any atom is 0.264 e. The molecule has 1 aromatic carbocycles. The molecule has 1 heterocycles. The van der Waals surface area contributed by atoms with E-state index in [0.717, 1.165) is 5.56 Å². The van der Waals surface area contributed by atoms with Gasteiger partial charge in [0.25, 0.3) is 10.0 Å². The molecule has 0 unspecified atom stereocenters. The topological polar surface area (TPSA) is 98.0 Å². The largest absolute Gasteiger partial charge is 0.320 e. The van der Waals surface area contributed by atoms with Crippen LogP contribution in [0.4, 0.5) is 5.82 Å². The van der Waals surface area contributed by atoms with Crippen molar-refractivity contribution in [2.45, 2.75) is 11.8 Å². The zero-order valence-corrected chi connectivity index (χ0v) is 12.2. The minimum atomic E-state index is -3.79. The van der Waals surface area contributed by atoms with E-state index >= 15 is 0 Å². The Bertz CT molecular complexity index is 793. The second kappa shape index (κ2) is 6.35. The lowest BCUT2D eigenvalue weighted by Crippen LogP contribution is -2.15. The van der Waals surface area contributed by atoms with Crippen LogP contribution in [-0.4, -0.2) is 24.9 Å². The van der Waals surface area contributed by atoms with Gasteiger partial charge in [0.05, 0.1) is 12.7 Å². The second-order valence-electron chi connectivity index (χ2n) is 4.20. The number of aromatic nitrogens is 2. The molecule has 1 aromatic heterocycles. The summed E-state index contributed by atoms with van der Waals surface area (Å²) in [6.07, 6.45) is 4.20. The maximum absolute atomic E-state index is 12.4. The van der Waals surface area contributed by atoms with Crippen molar-refractivity contribution < 1.29 is 8.42 Å².